The predicted molar refractivity (Wildman–Crippen MR) is 87.5 cm³/mol. The van der Waals surface area contributed by atoms with Gasteiger partial charge in [-0.3, -0.25) is 0 Å². The third kappa shape index (κ3) is 5.63. The van der Waals surface area contributed by atoms with Gasteiger partial charge in [-0.15, -0.1) is 0 Å². The van der Waals surface area contributed by atoms with Gasteiger partial charge >= 0.3 is 12.3 Å². The summed E-state index contributed by atoms with van der Waals surface area (Å²) >= 11 is 0. The largest absolute Gasteiger partial charge is 0.477 e. The number of hydrogen-bond donors (Lipinski definition) is 1. The van der Waals surface area contributed by atoms with E-state index in [0.717, 1.165) is 6.42 Å². The number of aromatic nitrogens is 2. The molecule has 0 saturated carbocycles. The molecule has 1 aromatic rings. The van der Waals surface area contributed by atoms with Crippen LogP contribution in [0, 0.1) is 5.92 Å². The highest BCUT2D eigenvalue weighted by molar-refractivity contribution is 5.68. The molecule has 1 atom stereocenters. The van der Waals surface area contributed by atoms with Gasteiger partial charge in [0.05, 0.1) is 6.61 Å². The van der Waals surface area contributed by atoms with Gasteiger partial charge < -0.3 is 20.1 Å². The summed E-state index contributed by atoms with van der Waals surface area (Å²) in [4.78, 5) is 20.6. The molecule has 0 radical (unpaired) electrons. The number of nitrogens with two attached hydrogens (primary N) is 1. The molecule has 2 rings (SSSR count). The lowest BCUT2D eigenvalue weighted by atomic mass is 9.99. The molecule has 1 aliphatic heterocycles. The summed E-state index contributed by atoms with van der Waals surface area (Å²) in [5.41, 5.74) is 3.67. The minimum absolute atomic E-state index is 0.0150. The van der Waals surface area contributed by atoms with Crippen LogP contribution >= 0.6 is 0 Å². The lowest BCUT2D eigenvalue weighted by Crippen LogP contribution is -2.44. The zero-order chi connectivity index (χ0) is 19.5. The van der Waals surface area contributed by atoms with E-state index in [0.29, 0.717) is 25.7 Å². The van der Waals surface area contributed by atoms with Crippen molar-refractivity contribution in [3.63, 3.8) is 0 Å². The van der Waals surface area contributed by atoms with E-state index < -0.39 is 29.3 Å². The summed E-state index contributed by atoms with van der Waals surface area (Å²) in [7, 11) is 0. The van der Waals surface area contributed by atoms with Crippen LogP contribution in [-0.4, -0.2) is 46.3 Å². The average Bonchev–Trinajstić information content (AvgIpc) is 2.50. The van der Waals surface area contributed by atoms with E-state index in [1.54, 1.807) is 25.7 Å². The van der Waals surface area contributed by atoms with E-state index in [-0.39, 0.29) is 18.5 Å². The zero-order valence-corrected chi connectivity index (χ0v) is 15.0. The predicted octanol–water partition coefficient (Wildman–Crippen LogP) is 3.10. The van der Waals surface area contributed by atoms with Crippen LogP contribution in [0.3, 0.4) is 0 Å². The standard InChI is InChI=1S/C16H23F3N4O3/c1-15(2,3)26-14(24)23-6-4-5-10(8-23)9-25-12-11(16(17,18)19)7-21-13(20)22-12/h7,10H,4-6,8-9H2,1-3H3,(H2,20,21,22)/t10-/m1/s1. The Morgan fingerprint density at radius 1 is 1.38 bits per heavy atom. The number of carbonyl (C=O) groups is 1. The SMILES string of the molecule is CC(C)(C)OC(=O)N1CCC[C@@H](COc2nc(N)ncc2C(F)(F)F)C1. The van der Waals surface area contributed by atoms with Crippen molar-refractivity contribution in [2.75, 3.05) is 25.4 Å². The lowest BCUT2D eigenvalue weighted by molar-refractivity contribution is -0.139. The van der Waals surface area contributed by atoms with Gasteiger partial charge in [-0.25, -0.2) is 9.78 Å². The zero-order valence-electron chi connectivity index (χ0n) is 15.0. The van der Waals surface area contributed by atoms with Crippen LogP contribution in [0.1, 0.15) is 39.2 Å². The molecule has 1 fully saturated rings. The number of anilines is 1. The fraction of sp³-hybridized carbons (Fsp3) is 0.688. The number of hydrogen-bond acceptors (Lipinski definition) is 6. The third-order valence-electron chi connectivity index (χ3n) is 3.70. The van der Waals surface area contributed by atoms with Gasteiger partial charge in [0.2, 0.25) is 11.8 Å². The molecule has 7 nitrogen and oxygen atoms in total. The molecule has 0 aliphatic carbocycles. The lowest BCUT2D eigenvalue weighted by Gasteiger charge is -2.34. The van der Waals surface area contributed by atoms with E-state index in [1.165, 1.54) is 0 Å². The highest BCUT2D eigenvalue weighted by atomic mass is 19.4. The van der Waals surface area contributed by atoms with E-state index >= 15 is 0 Å². The number of nitrogens with zero attached hydrogens (tertiary/aromatic N) is 3. The molecule has 1 saturated heterocycles. The van der Waals surface area contributed by atoms with E-state index in [2.05, 4.69) is 9.97 Å². The maximum atomic E-state index is 13.0. The van der Waals surface area contributed by atoms with Crippen molar-refractivity contribution in [2.45, 2.75) is 45.4 Å². The molecule has 146 valence electrons. The van der Waals surface area contributed by atoms with Crippen LogP contribution in [0.4, 0.5) is 23.9 Å². The summed E-state index contributed by atoms with van der Waals surface area (Å²) in [5, 5.41) is 0. The Morgan fingerprint density at radius 2 is 2.08 bits per heavy atom. The molecule has 10 heteroatoms. The molecule has 2 N–H and O–H groups in total. The Labute approximate surface area is 149 Å². The molecule has 0 bridgehead atoms. The van der Waals surface area contributed by atoms with Gasteiger partial charge in [-0.1, -0.05) is 0 Å². The summed E-state index contributed by atoms with van der Waals surface area (Å²) in [6.45, 7) is 6.18. The molecule has 1 amide bonds. The first kappa shape index (κ1) is 20.1. The highest BCUT2D eigenvalue weighted by Gasteiger charge is 2.36. The van der Waals surface area contributed by atoms with Gasteiger partial charge in [-0.2, -0.15) is 18.2 Å². The van der Waals surface area contributed by atoms with Gasteiger partial charge in [0.25, 0.3) is 0 Å². The molecule has 26 heavy (non-hydrogen) atoms. The summed E-state index contributed by atoms with van der Waals surface area (Å²) < 4.78 is 49.6. The Hall–Kier alpha value is -2.26. The third-order valence-corrected chi connectivity index (χ3v) is 3.70. The highest BCUT2D eigenvalue weighted by Crippen LogP contribution is 2.35. The molecular formula is C16H23F3N4O3. The summed E-state index contributed by atoms with van der Waals surface area (Å²) in [6.07, 6.45) is -3.04. The molecule has 1 aliphatic rings. The van der Waals surface area contributed by atoms with Crippen LogP contribution < -0.4 is 10.5 Å². The molecule has 0 unspecified atom stereocenters. The second-order valence-electron chi connectivity index (χ2n) is 7.19. The Morgan fingerprint density at radius 3 is 2.69 bits per heavy atom. The second-order valence-corrected chi connectivity index (χ2v) is 7.19. The summed E-state index contributed by atoms with van der Waals surface area (Å²) in [5.74, 6) is -1.03. The smallest absolute Gasteiger partial charge is 0.423 e. The van der Waals surface area contributed by atoms with Gasteiger partial charge in [0, 0.05) is 25.2 Å². The Kier molecular flexibility index (Phi) is 5.82. The fourth-order valence-corrected chi connectivity index (χ4v) is 2.57. The van der Waals surface area contributed by atoms with E-state index in [9.17, 15) is 18.0 Å². The van der Waals surface area contributed by atoms with Crippen LogP contribution in [0.2, 0.25) is 0 Å². The normalized spacial score (nSPS) is 18.5. The number of amides is 1. The molecule has 0 spiro atoms. The van der Waals surface area contributed by atoms with Crippen molar-refractivity contribution in [1.82, 2.24) is 14.9 Å². The average molecular weight is 376 g/mol. The number of halogens is 3. The number of likely N-dealkylation sites (tertiary alicyclic amines) is 1. The Balaban J connectivity index is 2.00. The van der Waals surface area contributed by atoms with Crippen molar-refractivity contribution >= 4 is 12.0 Å². The molecule has 0 aromatic carbocycles. The van der Waals surface area contributed by atoms with Crippen LogP contribution in [-0.2, 0) is 10.9 Å². The first-order valence-electron chi connectivity index (χ1n) is 8.26. The summed E-state index contributed by atoms with van der Waals surface area (Å²) in [6, 6.07) is 0. The number of ether oxygens (including phenoxy) is 2. The van der Waals surface area contributed by atoms with Crippen molar-refractivity contribution in [3.05, 3.63) is 11.8 Å². The van der Waals surface area contributed by atoms with Crippen molar-refractivity contribution in [3.8, 4) is 5.88 Å². The molecule has 1 aromatic heterocycles. The van der Waals surface area contributed by atoms with Crippen molar-refractivity contribution < 1.29 is 27.4 Å². The molecular weight excluding hydrogens is 353 g/mol. The number of piperidine rings is 1. The van der Waals surface area contributed by atoms with Gasteiger partial charge in [-0.05, 0) is 33.6 Å². The topological polar surface area (TPSA) is 90.6 Å². The first-order valence-corrected chi connectivity index (χ1v) is 8.26. The van der Waals surface area contributed by atoms with Crippen LogP contribution in [0.15, 0.2) is 6.20 Å². The van der Waals surface area contributed by atoms with Gasteiger partial charge in [0.1, 0.15) is 11.2 Å². The first-order chi connectivity index (χ1) is 12.0. The number of rotatable bonds is 3. The number of carbonyl (C=O) groups excluding carboxylic acids is 1. The van der Waals surface area contributed by atoms with Gasteiger partial charge in [0.15, 0.2) is 0 Å². The van der Waals surface area contributed by atoms with Crippen LogP contribution in [0.5, 0.6) is 5.88 Å². The minimum Gasteiger partial charge on any atom is -0.477 e. The van der Waals surface area contributed by atoms with Crippen molar-refractivity contribution in [2.24, 2.45) is 5.92 Å². The maximum Gasteiger partial charge on any atom is 0.423 e. The van der Waals surface area contributed by atoms with Crippen LogP contribution in [0.25, 0.3) is 0 Å². The Bertz CT molecular complexity index is 647. The second kappa shape index (κ2) is 7.55. The minimum atomic E-state index is -4.64. The van der Waals surface area contributed by atoms with E-state index in [1.807, 2.05) is 0 Å². The number of alkyl halides is 3. The monoisotopic (exact) mass is 376 g/mol. The van der Waals surface area contributed by atoms with Crippen molar-refractivity contribution in [1.29, 1.82) is 0 Å². The maximum absolute atomic E-state index is 13.0. The molecule has 2 heterocycles. The fourth-order valence-electron chi connectivity index (χ4n) is 2.57. The number of nitrogen functional groups attached to an aromatic ring is 1. The quantitative estimate of drug-likeness (QED) is 0.872. The van der Waals surface area contributed by atoms with E-state index in [4.69, 9.17) is 15.2 Å².